The first-order chi connectivity index (χ1) is 11.4. The van der Waals surface area contributed by atoms with Crippen LogP contribution in [0.15, 0.2) is 27.6 Å². The zero-order chi connectivity index (χ0) is 17.7. The summed E-state index contributed by atoms with van der Waals surface area (Å²) in [7, 11) is -3.68. The van der Waals surface area contributed by atoms with Gasteiger partial charge in [0.05, 0.1) is 28.5 Å². The van der Waals surface area contributed by atoms with Gasteiger partial charge in [-0.3, -0.25) is 4.79 Å². The van der Waals surface area contributed by atoms with Gasteiger partial charge in [-0.05, 0) is 54.8 Å². The standard InChI is InChI=1S/C16H22BrNO5S/c1-3-22-15-10-13(7-8-14(15)17)24(20,21)18-9-5-6-12(11-18)16(19)23-4-2/h7-8,10,12H,3-6,9,11H2,1-2H3/t12-/m1/s1. The van der Waals surface area contributed by atoms with Gasteiger partial charge >= 0.3 is 5.97 Å². The molecule has 6 nitrogen and oxygen atoms in total. The van der Waals surface area contributed by atoms with E-state index >= 15 is 0 Å². The maximum atomic E-state index is 12.9. The topological polar surface area (TPSA) is 72.9 Å². The Bertz CT molecular complexity index is 692. The van der Waals surface area contributed by atoms with Gasteiger partial charge in [0.25, 0.3) is 0 Å². The van der Waals surface area contributed by atoms with E-state index in [4.69, 9.17) is 9.47 Å². The Morgan fingerprint density at radius 3 is 2.75 bits per heavy atom. The van der Waals surface area contributed by atoms with E-state index < -0.39 is 15.9 Å². The summed E-state index contributed by atoms with van der Waals surface area (Å²) < 4.78 is 38.3. The van der Waals surface area contributed by atoms with Crippen molar-refractivity contribution in [1.29, 1.82) is 0 Å². The average Bonchev–Trinajstić information content (AvgIpc) is 2.57. The van der Waals surface area contributed by atoms with Crippen LogP contribution in [0.2, 0.25) is 0 Å². The van der Waals surface area contributed by atoms with E-state index in [-0.39, 0.29) is 17.4 Å². The maximum Gasteiger partial charge on any atom is 0.310 e. The third kappa shape index (κ3) is 4.29. The first-order valence-corrected chi connectivity index (χ1v) is 10.2. The van der Waals surface area contributed by atoms with Crippen molar-refractivity contribution in [2.24, 2.45) is 5.92 Å². The molecule has 134 valence electrons. The summed E-state index contributed by atoms with van der Waals surface area (Å²) in [4.78, 5) is 12.1. The van der Waals surface area contributed by atoms with E-state index in [1.165, 1.54) is 16.4 Å². The normalized spacial score (nSPS) is 19.0. The predicted octanol–water partition coefficient (Wildman–Crippen LogP) is 2.81. The largest absolute Gasteiger partial charge is 0.493 e. The molecule has 2 rings (SSSR count). The van der Waals surface area contributed by atoms with Crippen molar-refractivity contribution >= 4 is 31.9 Å². The second-order valence-electron chi connectivity index (χ2n) is 5.48. The number of benzene rings is 1. The minimum absolute atomic E-state index is 0.154. The molecule has 0 bridgehead atoms. The highest BCUT2D eigenvalue weighted by molar-refractivity contribution is 9.10. The molecule has 0 aliphatic carbocycles. The first kappa shape index (κ1) is 19.2. The number of hydrogen-bond donors (Lipinski definition) is 0. The number of rotatable bonds is 6. The van der Waals surface area contributed by atoms with Crippen molar-refractivity contribution in [2.45, 2.75) is 31.6 Å². The van der Waals surface area contributed by atoms with Gasteiger partial charge in [0.2, 0.25) is 10.0 Å². The number of nitrogens with zero attached hydrogens (tertiary/aromatic N) is 1. The van der Waals surface area contributed by atoms with Crippen molar-refractivity contribution in [3.05, 3.63) is 22.7 Å². The second kappa shape index (κ2) is 8.31. The molecular formula is C16H22BrNO5S. The first-order valence-electron chi connectivity index (χ1n) is 7.99. The van der Waals surface area contributed by atoms with Crippen molar-refractivity contribution < 1.29 is 22.7 Å². The number of carbonyl (C=O) groups is 1. The maximum absolute atomic E-state index is 12.9. The summed E-state index contributed by atoms with van der Waals surface area (Å²) in [6.07, 6.45) is 1.28. The van der Waals surface area contributed by atoms with E-state index in [9.17, 15) is 13.2 Å². The molecule has 0 aromatic heterocycles. The lowest BCUT2D eigenvalue weighted by atomic mass is 10.0. The third-order valence-electron chi connectivity index (χ3n) is 3.84. The Morgan fingerprint density at radius 2 is 2.08 bits per heavy atom. The van der Waals surface area contributed by atoms with Gasteiger partial charge in [0.15, 0.2) is 0 Å². The van der Waals surface area contributed by atoms with Crippen LogP contribution in [0, 0.1) is 5.92 Å². The fourth-order valence-corrected chi connectivity index (χ4v) is 4.57. The highest BCUT2D eigenvalue weighted by atomic mass is 79.9. The van der Waals surface area contributed by atoms with Gasteiger partial charge in [0.1, 0.15) is 5.75 Å². The van der Waals surface area contributed by atoms with Crippen LogP contribution in [0.5, 0.6) is 5.75 Å². The molecule has 1 atom stereocenters. The number of piperidine rings is 1. The van der Waals surface area contributed by atoms with E-state index in [0.717, 1.165) is 0 Å². The second-order valence-corrected chi connectivity index (χ2v) is 8.27. The Hall–Kier alpha value is -1.12. The molecule has 1 saturated heterocycles. The fraction of sp³-hybridized carbons (Fsp3) is 0.562. The van der Waals surface area contributed by atoms with Crippen LogP contribution in [0.1, 0.15) is 26.7 Å². The molecule has 0 N–H and O–H groups in total. The molecule has 1 aliphatic heterocycles. The summed E-state index contributed by atoms with van der Waals surface area (Å²) in [5.74, 6) is -0.254. The van der Waals surface area contributed by atoms with E-state index in [1.54, 1.807) is 13.0 Å². The van der Waals surface area contributed by atoms with Gasteiger partial charge in [-0.25, -0.2) is 8.42 Å². The minimum atomic E-state index is -3.68. The fourth-order valence-electron chi connectivity index (χ4n) is 2.67. The molecular weight excluding hydrogens is 398 g/mol. The quantitative estimate of drug-likeness (QED) is 0.662. The lowest BCUT2D eigenvalue weighted by Gasteiger charge is -2.30. The molecule has 1 aromatic rings. The van der Waals surface area contributed by atoms with Crippen molar-refractivity contribution in [2.75, 3.05) is 26.3 Å². The minimum Gasteiger partial charge on any atom is -0.493 e. The monoisotopic (exact) mass is 419 g/mol. The molecule has 8 heteroatoms. The van der Waals surface area contributed by atoms with Gasteiger partial charge in [-0.2, -0.15) is 4.31 Å². The van der Waals surface area contributed by atoms with E-state index in [2.05, 4.69) is 15.9 Å². The van der Waals surface area contributed by atoms with Crippen LogP contribution in [0.4, 0.5) is 0 Å². The number of hydrogen-bond acceptors (Lipinski definition) is 5. The number of ether oxygens (including phenoxy) is 2. The summed E-state index contributed by atoms with van der Waals surface area (Å²) in [5, 5.41) is 0. The molecule has 1 fully saturated rings. The lowest BCUT2D eigenvalue weighted by Crippen LogP contribution is -2.42. The third-order valence-corrected chi connectivity index (χ3v) is 6.36. The van der Waals surface area contributed by atoms with Crippen LogP contribution in [0.3, 0.4) is 0 Å². The Morgan fingerprint density at radius 1 is 1.33 bits per heavy atom. The SMILES string of the molecule is CCOC(=O)[C@@H]1CCCN(S(=O)(=O)c2ccc(Br)c(OCC)c2)C1. The molecule has 1 heterocycles. The number of carbonyl (C=O) groups excluding carboxylic acids is 1. The Balaban J connectivity index is 2.23. The lowest BCUT2D eigenvalue weighted by molar-refractivity contribution is -0.149. The van der Waals surface area contributed by atoms with E-state index in [1.807, 2.05) is 6.92 Å². The van der Waals surface area contributed by atoms with Crippen molar-refractivity contribution in [1.82, 2.24) is 4.31 Å². The highest BCUT2D eigenvalue weighted by Crippen LogP contribution is 2.31. The van der Waals surface area contributed by atoms with Crippen molar-refractivity contribution in [3.8, 4) is 5.75 Å². The van der Waals surface area contributed by atoms with Gasteiger partial charge in [0, 0.05) is 19.2 Å². The number of sulfonamides is 1. The van der Waals surface area contributed by atoms with Gasteiger partial charge in [-0.15, -0.1) is 0 Å². The molecule has 1 aromatic carbocycles. The summed E-state index contributed by atoms with van der Waals surface area (Å²) in [5.41, 5.74) is 0. The number of esters is 1. The van der Waals surface area contributed by atoms with Crippen molar-refractivity contribution in [3.63, 3.8) is 0 Å². The smallest absolute Gasteiger partial charge is 0.310 e. The van der Waals surface area contributed by atoms with Crippen LogP contribution in [0.25, 0.3) is 0 Å². The Kier molecular flexibility index (Phi) is 6.65. The highest BCUT2D eigenvalue weighted by Gasteiger charge is 2.34. The molecule has 0 radical (unpaired) electrons. The predicted molar refractivity (Wildman–Crippen MR) is 93.4 cm³/mol. The molecule has 24 heavy (non-hydrogen) atoms. The molecule has 0 spiro atoms. The zero-order valence-corrected chi connectivity index (χ0v) is 16.2. The van der Waals surface area contributed by atoms with E-state index in [0.29, 0.717) is 42.8 Å². The average molecular weight is 420 g/mol. The van der Waals surface area contributed by atoms with Crippen LogP contribution < -0.4 is 4.74 Å². The number of halogens is 1. The summed E-state index contributed by atoms with van der Waals surface area (Å²) in [6.45, 7) is 4.87. The zero-order valence-electron chi connectivity index (χ0n) is 13.8. The van der Waals surface area contributed by atoms with Gasteiger partial charge < -0.3 is 9.47 Å². The summed E-state index contributed by atoms with van der Waals surface area (Å²) >= 11 is 3.35. The summed E-state index contributed by atoms with van der Waals surface area (Å²) in [6, 6.07) is 4.71. The molecule has 0 saturated carbocycles. The van der Waals surface area contributed by atoms with Crippen LogP contribution in [-0.2, 0) is 19.6 Å². The molecule has 1 aliphatic rings. The molecule has 0 amide bonds. The van der Waals surface area contributed by atoms with Gasteiger partial charge in [-0.1, -0.05) is 0 Å². The van der Waals surface area contributed by atoms with Crippen LogP contribution >= 0.6 is 15.9 Å². The Labute approximate surface area is 151 Å². The molecule has 0 unspecified atom stereocenters. The van der Waals surface area contributed by atoms with Crippen LogP contribution in [-0.4, -0.2) is 45.0 Å².